The summed E-state index contributed by atoms with van der Waals surface area (Å²) in [4.78, 5) is 1.92. The molecule has 90 valence electrons. The number of ether oxygens (including phenoxy) is 1. The van der Waals surface area contributed by atoms with Gasteiger partial charge in [0.15, 0.2) is 0 Å². The van der Waals surface area contributed by atoms with Gasteiger partial charge in [-0.05, 0) is 19.1 Å². The lowest BCUT2D eigenvalue weighted by molar-refractivity contribution is 0.281. The number of hydrogen-bond donors (Lipinski definition) is 2. The quantitative estimate of drug-likeness (QED) is 0.723. The minimum absolute atomic E-state index is 0.0683. The van der Waals surface area contributed by atoms with Crippen LogP contribution in [0.2, 0.25) is 0 Å². The van der Waals surface area contributed by atoms with Crippen molar-refractivity contribution in [1.29, 1.82) is 0 Å². The van der Waals surface area contributed by atoms with E-state index in [0.29, 0.717) is 19.7 Å². The molecule has 0 aliphatic heterocycles. The Labute approximate surface area is 96.1 Å². The number of benzene rings is 1. The van der Waals surface area contributed by atoms with E-state index in [1.165, 1.54) is 0 Å². The average molecular weight is 225 g/mol. The molecule has 16 heavy (non-hydrogen) atoms. The minimum atomic E-state index is 0.0683. The molecule has 0 spiro atoms. The van der Waals surface area contributed by atoms with E-state index in [1.807, 2.05) is 36.1 Å². The van der Waals surface area contributed by atoms with Crippen molar-refractivity contribution in [2.24, 2.45) is 0 Å². The van der Waals surface area contributed by atoms with Crippen LogP contribution < -0.4 is 9.64 Å². The maximum atomic E-state index is 8.94. The number of anilines is 1. The van der Waals surface area contributed by atoms with Crippen molar-refractivity contribution in [1.82, 2.24) is 0 Å². The van der Waals surface area contributed by atoms with E-state index in [9.17, 15) is 0 Å². The predicted octanol–water partition coefficient (Wildman–Crippen LogP) is 0.876. The highest BCUT2D eigenvalue weighted by molar-refractivity contribution is 5.50. The molecule has 0 heterocycles. The standard InChI is InChI=1S/C12H19NO3/c1-2-16-12-5-3-4-11(10-12)13(6-8-14)7-9-15/h3-5,10,14-15H,2,6-9H2,1H3. The van der Waals surface area contributed by atoms with Crippen LogP contribution in [0.15, 0.2) is 24.3 Å². The van der Waals surface area contributed by atoms with Crippen LogP contribution in [0, 0.1) is 0 Å². The Kier molecular flexibility index (Phi) is 5.67. The molecule has 4 heteroatoms. The summed E-state index contributed by atoms with van der Waals surface area (Å²) >= 11 is 0. The number of nitrogens with zero attached hydrogens (tertiary/aromatic N) is 1. The van der Waals surface area contributed by atoms with Gasteiger partial charge in [0, 0.05) is 24.8 Å². The van der Waals surface area contributed by atoms with Crippen LogP contribution in [0.1, 0.15) is 6.92 Å². The van der Waals surface area contributed by atoms with Crippen LogP contribution in [0.3, 0.4) is 0 Å². The molecule has 0 amide bonds. The molecule has 0 fully saturated rings. The summed E-state index contributed by atoms with van der Waals surface area (Å²) in [7, 11) is 0. The van der Waals surface area contributed by atoms with Crippen LogP contribution in [-0.4, -0.2) is 43.1 Å². The van der Waals surface area contributed by atoms with Gasteiger partial charge in [0.25, 0.3) is 0 Å². The normalized spacial score (nSPS) is 10.2. The molecule has 0 saturated carbocycles. The number of hydrogen-bond acceptors (Lipinski definition) is 4. The van der Waals surface area contributed by atoms with E-state index in [-0.39, 0.29) is 13.2 Å². The Hall–Kier alpha value is -1.26. The second kappa shape index (κ2) is 7.09. The van der Waals surface area contributed by atoms with E-state index >= 15 is 0 Å². The van der Waals surface area contributed by atoms with Crippen molar-refractivity contribution >= 4 is 5.69 Å². The van der Waals surface area contributed by atoms with Gasteiger partial charge in [0.1, 0.15) is 5.75 Å². The Morgan fingerprint density at radius 2 is 1.88 bits per heavy atom. The fraction of sp³-hybridized carbons (Fsp3) is 0.500. The van der Waals surface area contributed by atoms with Crippen LogP contribution in [0.5, 0.6) is 5.75 Å². The summed E-state index contributed by atoms with van der Waals surface area (Å²) < 4.78 is 5.40. The highest BCUT2D eigenvalue weighted by atomic mass is 16.5. The molecule has 0 atom stereocenters. The molecular formula is C12H19NO3. The predicted molar refractivity (Wildman–Crippen MR) is 64.0 cm³/mol. The van der Waals surface area contributed by atoms with Gasteiger partial charge in [0.2, 0.25) is 0 Å². The average Bonchev–Trinajstić information content (AvgIpc) is 2.30. The first-order chi connectivity index (χ1) is 7.81. The highest BCUT2D eigenvalue weighted by Gasteiger charge is 2.05. The van der Waals surface area contributed by atoms with Crippen molar-refractivity contribution in [3.63, 3.8) is 0 Å². The maximum absolute atomic E-state index is 8.94. The van der Waals surface area contributed by atoms with E-state index < -0.39 is 0 Å². The van der Waals surface area contributed by atoms with Gasteiger partial charge in [-0.15, -0.1) is 0 Å². The third-order valence-corrected chi connectivity index (χ3v) is 2.23. The summed E-state index contributed by atoms with van der Waals surface area (Å²) in [6.07, 6.45) is 0. The Morgan fingerprint density at radius 1 is 1.19 bits per heavy atom. The summed E-state index contributed by atoms with van der Waals surface area (Å²) in [6, 6.07) is 7.65. The molecule has 0 bridgehead atoms. The van der Waals surface area contributed by atoms with Gasteiger partial charge in [-0.2, -0.15) is 0 Å². The van der Waals surface area contributed by atoms with Crippen molar-refractivity contribution < 1.29 is 14.9 Å². The fourth-order valence-electron chi connectivity index (χ4n) is 1.55. The fourth-order valence-corrected chi connectivity index (χ4v) is 1.55. The third-order valence-electron chi connectivity index (χ3n) is 2.23. The Morgan fingerprint density at radius 3 is 2.44 bits per heavy atom. The molecule has 1 rings (SSSR count). The molecule has 0 aromatic heterocycles. The topological polar surface area (TPSA) is 52.9 Å². The van der Waals surface area contributed by atoms with E-state index in [2.05, 4.69) is 0 Å². The molecular weight excluding hydrogens is 206 g/mol. The summed E-state index contributed by atoms with van der Waals surface area (Å²) in [6.45, 7) is 3.72. The molecule has 1 aromatic carbocycles. The lowest BCUT2D eigenvalue weighted by Gasteiger charge is -2.23. The van der Waals surface area contributed by atoms with Crippen LogP contribution in [0.25, 0.3) is 0 Å². The number of rotatable bonds is 7. The third kappa shape index (κ3) is 3.72. The monoisotopic (exact) mass is 225 g/mol. The molecule has 1 aromatic rings. The first-order valence-corrected chi connectivity index (χ1v) is 5.51. The maximum Gasteiger partial charge on any atom is 0.121 e. The summed E-state index contributed by atoms with van der Waals surface area (Å²) in [5.74, 6) is 0.806. The zero-order valence-corrected chi connectivity index (χ0v) is 9.59. The first kappa shape index (κ1) is 12.8. The van der Waals surface area contributed by atoms with Crippen molar-refractivity contribution in [2.45, 2.75) is 6.92 Å². The van der Waals surface area contributed by atoms with Gasteiger partial charge in [-0.1, -0.05) is 6.07 Å². The molecule has 0 radical (unpaired) electrons. The van der Waals surface area contributed by atoms with Gasteiger partial charge < -0.3 is 19.8 Å². The number of aliphatic hydroxyl groups is 2. The second-order valence-electron chi connectivity index (χ2n) is 3.36. The summed E-state index contributed by atoms with van der Waals surface area (Å²) in [5, 5.41) is 17.9. The summed E-state index contributed by atoms with van der Waals surface area (Å²) in [5.41, 5.74) is 0.953. The smallest absolute Gasteiger partial charge is 0.121 e. The second-order valence-corrected chi connectivity index (χ2v) is 3.36. The Bertz CT molecular complexity index is 298. The minimum Gasteiger partial charge on any atom is -0.494 e. The zero-order valence-electron chi connectivity index (χ0n) is 9.59. The lowest BCUT2D eigenvalue weighted by Crippen LogP contribution is -2.29. The molecule has 4 nitrogen and oxygen atoms in total. The highest BCUT2D eigenvalue weighted by Crippen LogP contribution is 2.20. The molecule has 0 saturated heterocycles. The first-order valence-electron chi connectivity index (χ1n) is 5.51. The van der Waals surface area contributed by atoms with Gasteiger partial charge in [-0.25, -0.2) is 0 Å². The number of aliphatic hydroxyl groups excluding tert-OH is 2. The van der Waals surface area contributed by atoms with E-state index in [0.717, 1.165) is 11.4 Å². The molecule has 0 aliphatic rings. The molecule has 0 unspecified atom stereocenters. The Balaban J connectivity index is 2.77. The van der Waals surface area contributed by atoms with Gasteiger partial charge >= 0.3 is 0 Å². The van der Waals surface area contributed by atoms with Crippen LogP contribution >= 0.6 is 0 Å². The van der Waals surface area contributed by atoms with E-state index in [4.69, 9.17) is 14.9 Å². The molecule has 2 N–H and O–H groups in total. The molecule has 0 aliphatic carbocycles. The van der Waals surface area contributed by atoms with Crippen molar-refractivity contribution in [3.8, 4) is 5.75 Å². The van der Waals surface area contributed by atoms with Crippen LogP contribution in [0.4, 0.5) is 5.69 Å². The zero-order chi connectivity index (χ0) is 11.8. The lowest BCUT2D eigenvalue weighted by atomic mass is 10.2. The SMILES string of the molecule is CCOc1cccc(N(CCO)CCO)c1. The van der Waals surface area contributed by atoms with Crippen LogP contribution in [-0.2, 0) is 0 Å². The van der Waals surface area contributed by atoms with Gasteiger partial charge in [0.05, 0.1) is 19.8 Å². The largest absolute Gasteiger partial charge is 0.494 e. The van der Waals surface area contributed by atoms with E-state index in [1.54, 1.807) is 0 Å². The van der Waals surface area contributed by atoms with Crippen molar-refractivity contribution in [2.75, 3.05) is 37.8 Å². The van der Waals surface area contributed by atoms with Gasteiger partial charge in [-0.3, -0.25) is 0 Å². The van der Waals surface area contributed by atoms with Crippen molar-refractivity contribution in [3.05, 3.63) is 24.3 Å².